The zero-order valence-electron chi connectivity index (χ0n) is 18.0. The molecule has 5 nitrogen and oxygen atoms in total. The fourth-order valence-electron chi connectivity index (χ4n) is 3.78. The first-order chi connectivity index (χ1) is 15.4. The highest BCUT2D eigenvalue weighted by Gasteiger charge is 2.24. The predicted octanol–water partition coefficient (Wildman–Crippen LogP) is 5.47. The van der Waals surface area contributed by atoms with Crippen molar-refractivity contribution < 1.29 is 9.18 Å². The third kappa shape index (κ3) is 4.36. The Kier molecular flexibility index (Phi) is 5.97. The van der Waals surface area contributed by atoms with Crippen LogP contribution < -0.4 is 0 Å². The number of amides is 1. The highest BCUT2D eigenvalue weighted by atomic mass is 32.1. The lowest BCUT2D eigenvalue weighted by atomic mass is 10.1. The van der Waals surface area contributed by atoms with Crippen molar-refractivity contribution >= 4 is 27.5 Å². The van der Waals surface area contributed by atoms with Gasteiger partial charge in [-0.15, -0.1) is 11.3 Å². The Morgan fingerprint density at radius 2 is 1.78 bits per heavy atom. The van der Waals surface area contributed by atoms with Gasteiger partial charge in [0.05, 0.1) is 16.5 Å². The van der Waals surface area contributed by atoms with E-state index in [1.807, 2.05) is 32.9 Å². The molecule has 0 radical (unpaired) electrons. The Bertz CT molecular complexity index is 1360. The molecule has 160 valence electrons. The van der Waals surface area contributed by atoms with E-state index in [1.54, 1.807) is 29.2 Å². The number of hydrogen-bond acceptors (Lipinski definition) is 5. The molecule has 0 spiro atoms. The summed E-state index contributed by atoms with van der Waals surface area (Å²) in [6.45, 7) is 6.27. The monoisotopic (exact) mass is 444 g/mol. The van der Waals surface area contributed by atoms with E-state index in [9.17, 15) is 9.18 Å². The second-order valence-electron chi connectivity index (χ2n) is 7.69. The van der Waals surface area contributed by atoms with E-state index in [0.29, 0.717) is 28.4 Å². The molecule has 0 atom stereocenters. The van der Waals surface area contributed by atoms with Crippen LogP contribution in [0, 0.1) is 37.9 Å². The molecule has 0 saturated carbocycles. The van der Waals surface area contributed by atoms with Gasteiger partial charge in [-0.05, 0) is 61.7 Å². The molecule has 7 heteroatoms. The Labute approximate surface area is 189 Å². The molecule has 0 aliphatic heterocycles. The zero-order chi connectivity index (χ0) is 22.8. The van der Waals surface area contributed by atoms with E-state index in [4.69, 9.17) is 5.26 Å². The van der Waals surface area contributed by atoms with Crippen LogP contribution in [0.15, 0.2) is 48.5 Å². The number of carbonyl (C=O) groups excluding carboxylic acids is 1. The van der Waals surface area contributed by atoms with Gasteiger partial charge >= 0.3 is 0 Å². The van der Waals surface area contributed by atoms with Crippen molar-refractivity contribution in [3.05, 3.63) is 93.0 Å². The molecule has 0 saturated heterocycles. The number of carbonyl (C=O) groups is 1. The number of aryl methyl sites for hydroxylation is 3. The van der Waals surface area contributed by atoms with Gasteiger partial charge in [0, 0.05) is 24.2 Å². The molecular weight excluding hydrogens is 423 g/mol. The fourth-order valence-corrected chi connectivity index (χ4v) is 5.03. The molecule has 2 heterocycles. The molecule has 1 amide bonds. The fraction of sp³-hybridized carbons (Fsp3) is 0.200. The Morgan fingerprint density at radius 3 is 2.47 bits per heavy atom. The summed E-state index contributed by atoms with van der Waals surface area (Å²) in [5.41, 5.74) is 3.86. The number of rotatable bonds is 5. The molecule has 4 rings (SSSR count). The summed E-state index contributed by atoms with van der Waals surface area (Å²) in [6, 6.07) is 15.5. The average molecular weight is 445 g/mol. The highest BCUT2D eigenvalue weighted by molar-refractivity contribution is 7.20. The highest BCUT2D eigenvalue weighted by Crippen LogP contribution is 2.32. The van der Waals surface area contributed by atoms with Crippen LogP contribution in [0.5, 0.6) is 0 Å². The summed E-state index contributed by atoms with van der Waals surface area (Å²) in [5.74, 6) is 0.188. The number of nitrogens with zero attached hydrogens (tertiary/aromatic N) is 4. The molecule has 0 aliphatic carbocycles. The first kappa shape index (κ1) is 21.6. The van der Waals surface area contributed by atoms with E-state index in [-0.39, 0.29) is 18.3 Å². The predicted molar refractivity (Wildman–Crippen MR) is 123 cm³/mol. The average Bonchev–Trinajstić information content (AvgIpc) is 3.09. The minimum absolute atomic E-state index is 0.142. The number of aromatic nitrogens is 2. The smallest absolute Gasteiger partial charge is 0.264 e. The molecule has 0 unspecified atom stereocenters. The van der Waals surface area contributed by atoms with Crippen molar-refractivity contribution in [3.8, 4) is 6.07 Å². The Balaban J connectivity index is 1.73. The van der Waals surface area contributed by atoms with Crippen molar-refractivity contribution in [2.75, 3.05) is 0 Å². The molecule has 0 N–H and O–H groups in total. The molecule has 0 aliphatic rings. The SMILES string of the molecule is Cc1nc(C)c2c(C)c(C(=O)N(Cc3ccc(C#N)cc3)Cc3cccc(F)c3)sc2n1. The molecule has 0 fully saturated rings. The van der Waals surface area contributed by atoms with Gasteiger partial charge in [0.25, 0.3) is 5.91 Å². The van der Waals surface area contributed by atoms with E-state index in [1.165, 1.54) is 23.5 Å². The quantitative estimate of drug-likeness (QED) is 0.409. The Hall–Kier alpha value is -3.63. The minimum Gasteiger partial charge on any atom is -0.329 e. The molecular formula is C25H21FN4OS. The summed E-state index contributed by atoms with van der Waals surface area (Å²) < 4.78 is 13.8. The first-order valence-electron chi connectivity index (χ1n) is 10.1. The van der Waals surface area contributed by atoms with Gasteiger partial charge in [-0.25, -0.2) is 14.4 Å². The van der Waals surface area contributed by atoms with Gasteiger partial charge in [-0.2, -0.15) is 5.26 Å². The van der Waals surface area contributed by atoms with Crippen molar-refractivity contribution in [1.29, 1.82) is 5.26 Å². The van der Waals surface area contributed by atoms with Crippen LogP contribution in [0.1, 0.15) is 43.4 Å². The largest absolute Gasteiger partial charge is 0.329 e. The van der Waals surface area contributed by atoms with Gasteiger partial charge in [-0.3, -0.25) is 4.79 Å². The number of benzene rings is 2. The van der Waals surface area contributed by atoms with Crippen LogP contribution in [-0.2, 0) is 13.1 Å². The molecule has 32 heavy (non-hydrogen) atoms. The summed E-state index contributed by atoms with van der Waals surface area (Å²) >= 11 is 1.36. The number of halogens is 1. The van der Waals surface area contributed by atoms with E-state index in [0.717, 1.165) is 27.0 Å². The molecule has 4 aromatic rings. The van der Waals surface area contributed by atoms with Crippen LogP contribution in [0.4, 0.5) is 4.39 Å². The summed E-state index contributed by atoms with van der Waals surface area (Å²) in [4.78, 5) is 25.7. The summed E-state index contributed by atoms with van der Waals surface area (Å²) in [7, 11) is 0. The molecule has 2 aromatic carbocycles. The normalized spacial score (nSPS) is 10.8. The van der Waals surface area contributed by atoms with Gasteiger partial charge in [-0.1, -0.05) is 24.3 Å². The number of fused-ring (bicyclic) bond motifs is 1. The first-order valence-corrected chi connectivity index (χ1v) is 10.9. The van der Waals surface area contributed by atoms with Crippen LogP contribution >= 0.6 is 11.3 Å². The van der Waals surface area contributed by atoms with Gasteiger partial charge in [0.15, 0.2) is 0 Å². The van der Waals surface area contributed by atoms with Crippen molar-refractivity contribution in [1.82, 2.24) is 14.9 Å². The second kappa shape index (κ2) is 8.85. The van der Waals surface area contributed by atoms with Gasteiger partial charge in [0.2, 0.25) is 0 Å². The standard InChI is InChI=1S/C25H21FN4OS/c1-15-22-16(2)28-17(3)29-24(22)32-23(15)25(31)30(14-20-5-4-6-21(26)11-20)13-19-9-7-18(12-27)8-10-19/h4-11H,13-14H2,1-3H3. The van der Waals surface area contributed by atoms with Crippen LogP contribution in [-0.4, -0.2) is 20.8 Å². The van der Waals surface area contributed by atoms with Crippen molar-refractivity contribution in [3.63, 3.8) is 0 Å². The van der Waals surface area contributed by atoms with E-state index in [2.05, 4.69) is 16.0 Å². The lowest BCUT2D eigenvalue weighted by Crippen LogP contribution is -2.30. The van der Waals surface area contributed by atoms with Crippen LogP contribution in [0.2, 0.25) is 0 Å². The number of hydrogen-bond donors (Lipinski definition) is 0. The van der Waals surface area contributed by atoms with E-state index < -0.39 is 0 Å². The lowest BCUT2D eigenvalue weighted by Gasteiger charge is -2.23. The minimum atomic E-state index is -0.340. The van der Waals surface area contributed by atoms with Crippen molar-refractivity contribution in [2.24, 2.45) is 0 Å². The zero-order valence-corrected chi connectivity index (χ0v) is 18.8. The Morgan fingerprint density at radius 1 is 1.06 bits per heavy atom. The second-order valence-corrected chi connectivity index (χ2v) is 8.69. The van der Waals surface area contributed by atoms with E-state index >= 15 is 0 Å². The number of nitriles is 1. The van der Waals surface area contributed by atoms with Gasteiger partial charge < -0.3 is 4.90 Å². The van der Waals surface area contributed by atoms with Crippen LogP contribution in [0.25, 0.3) is 10.2 Å². The van der Waals surface area contributed by atoms with Crippen molar-refractivity contribution in [2.45, 2.75) is 33.9 Å². The lowest BCUT2D eigenvalue weighted by molar-refractivity contribution is 0.0734. The molecule has 2 aromatic heterocycles. The van der Waals surface area contributed by atoms with Gasteiger partial charge in [0.1, 0.15) is 16.5 Å². The third-order valence-electron chi connectivity index (χ3n) is 5.28. The maximum atomic E-state index is 13.8. The number of thiophene rings is 1. The third-order valence-corrected chi connectivity index (χ3v) is 6.46. The van der Waals surface area contributed by atoms with Crippen LogP contribution in [0.3, 0.4) is 0 Å². The molecule has 0 bridgehead atoms. The topological polar surface area (TPSA) is 69.9 Å². The maximum absolute atomic E-state index is 13.8. The summed E-state index contributed by atoms with van der Waals surface area (Å²) in [6.07, 6.45) is 0. The summed E-state index contributed by atoms with van der Waals surface area (Å²) in [5, 5.41) is 9.96. The maximum Gasteiger partial charge on any atom is 0.264 e.